The Morgan fingerprint density at radius 3 is 2.44 bits per heavy atom. The topological polar surface area (TPSA) is 55.6 Å². The van der Waals surface area contributed by atoms with Crippen LogP contribution in [0.5, 0.6) is 0 Å². The Bertz CT molecular complexity index is 470. The standard InChI is InChI=1S/C13H22N2O2S/c1-13(2,3)9-10(12(18)11(9)16)15(4)6-8-17-7-5-14/h5-8,14H2,1-4H3. The van der Waals surface area contributed by atoms with Crippen molar-refractivity contribution < 1.29 is 4.74 Å². The zero-order chi connectivity index (χ0) is 13.9. The summed E-state index contributed by atoms with van der Waals surface area (Å²) < 4.78 is 5.78. The summed E-state index contributed by atoms with van der Waals surface area (Å²) in [5.41, 5.74) is 6.93. The van der Waals surface area contributed by atoms with Crippen LogP contribution in [0.1, 0.15) is 26.3 Å². The van der Waals surface area contributed by atoms with Crippen LogP contribution in [0, 0.1) is 4.51 Å². The summed E-state index contributed by atoms with van der Waals surface area (Å²) in [7, 11) is 1.94. The third kappa shape index (κ3) is 3.16. The highest BCUT2D eigenvalue weighted by Crippen LogP contribution is 2.32. The number of anilines is 1. The van der Waals surface area contributed by atoms with Crippen molar-refractivity contribution in [2.24, 2.45) is 5.73 Å². The molecule has 1 rings (SSSR count). The fourth-order valence-electron chi connectivity index (χ4n) is 1.94. The van der Waals surface area contributed by atoms with Crippen LogP contribution in [0.3, 0.4) is 0 Å². The number of hydrogen-bond acceptors (Lipinski definition) is 5. The zero-order valence-corrected chi connectivity index (χ0v) is 12.4. The minimum atomic E-state index is -0.166. The monoisotopic (exact) mass is 270 g/mol. The molecule has 0 heterocycles. The third-order valence-electron chi connectivity index (χ3n) is 2.85. The number of rotatable bonds is 6. The molecule has 5 heteroatoms. The molecule has 1 aromatic rings. The first-order chi connectivity index (χ1) is 8.30. The van der Waals surface area contributed by atoms with Crippen LogP contribution in [0.4, 0.5) is 5.69 Å². The van der Waals surface area contributed by atoms with Gasteiger partial charge in [-0.05, 0) is 5.41 Å². The van der Waals surface area contributed by atoms with E-state index in [2.05, 4.69) is 0 Å². The molecule has 18 heavy (non-hydrogen) atoms. The highest BCUT2D eigenvalue weighted by atomic mass is 32.1. The lowest BCUT2D eigenvalue weighted by Gasteiger charge is -2.30. The molecule has 0 bridgehead atoms. The predicted octanol–water partition coefficient (Wildman–Crippen LogP) is 1.36. The van der Waals surface area contributed by atoms with Gasteiger partial charge >= 0.3 is 0 Å². The van der Waals surface area contributed by atoms with Gasteiger partial charge in [0.1, 0.15) is 4.51 Å². The van der Waals surface area contributed by atoms with E-state index in [9.17, 15) is 4.79 Å². The second-order valence-corrected chi connectivity index (χ2v) is 5.86. The SMILES string of the molecule is CN(CCOCCN)c1c(C(C)(C)C)c(=O)c1=S. The minimum absolute atomic E-state index is 0.0160. The van der Waals surface area contributed by atoms with E-state index in [1.54, 1.807) is 0 Å². The molecule has 0 aromatic heterocycles. The first kappa shape index (κ1) is 15.3. The van der Waals surface area contributed by atoms with E-state index in [1.807, 2.05) is 32.7 Å². The molecule has 0 aliphatic heterocycles. The van der Waals surface area contributed by atoms with Gasteiger partial charge in [0.25, 0.3) is 0 Å². The van der Waals surface area contributed by atoms with E-state index in [0.717, 1.165) is 11.3 Å². The molecule has 2 N–H and O–H groups in total. The smallest absolute Gasteiger partial charge is 0.204 e. The number of hydrogen-bond donors (Lipinski definition) is 1. The summed E-state index contributed by atoms with van der Waals surface area (Å²) >= 11 is 5.14. The number of nitrogens with two attached hydrogens (primary N) is 1. The van der Waals surface area contributed by atoms with Crippen LogP contribution in [-0.2, 0) is 10.2 Å². The molecule has 0 amide bonds. The summed E-state index contributed by atoms with van der Waals surface area (Å²) in [6.45, 7) is 8.47. The molecule has 0 aliphatic carbocycles. The van der Waals surface area contributed by atoms with Crippen molar-refractivity contribution in [2.45, 2.75) is 26.2 Å². The summed E-state index contributed by atoms with van der Waals surface area (Å²) in [6, 6.07) is 0. The lowest BCUT2D eigenvalue weighted by Crippen LogP contribution is -2.36. The molecule has 0 fully saturated rings. The molecule has 0 atom stereocenters. The number of ether oxygens (including phenoxy) is 1. The van der Waals surface area contributed by atoms with Crippen LogP contribution in [0.15, 0.2) is 4.79 Å². The second kappa shape index (κ2) is 5.91. The summed E-state index contributed by atoms with van der Waals surface area (Å²) in [5.74, 6) is 0. The maximum atomic E-state index is 11.8. The molecule has 0 radical (unpaired) electrons. The highest BCUT2D eigenvalue weighted by molar-refractivity contribution is 7.71. The van der Waals surface area contributed by atoms with Gasteiger partial charge in [-0.15, -0.1) is 0 Å². The lowest BCUT2D eigenvalue weighted by molar-refractivity contribution is 0.148. The van der Waals surface area contributed by atoms with E-state index in [1.165, 1.54) is 0 Å². The van der Waals surface area contributed by atoms with Gasteiger partial charge in [-0.25, -0.2) is 0 Å². The summed E-state index contributed by atoms with van der Waals surface area (Å²) in [6.07, 6.45) is 0. The summed E-state index contributed by atoms with van der Waals surface area (Å²) in [4.78, 5) is 13.8. The molecular formula is C13H22N2O2S. The van der Waals surface area contributed by atoms with Crippen molar-refractivity contribution in [3.8, 4) is 0 Å². The molecule has 102 valence electrons. The predicted molar refractivity (Wildman–Crippen MR) is 77.8 cm³/mol. The molecule has 0 spiro atoms. The highest BCUT2D eigenvalue weighted by Gasteiger charge is 2.29. The van der Waals surface area contributed by atoms with Crippen LogP contribution in [0.2, 0.25) is 0 Å². The van der Waals surface area contributed by atoms with Crippen molar-refractivity contribution in [3.63, 3.8) is 0 Å². The van der Waals surface area contributed by atoms with Crippen LogP contribution in [-0.4, -0.2) is 33.4 Å². The van der Waals surface area contributed by atoms with E-state index in [4.69, 9.17) is 22.7 Å². The Kier molecular flexibility index (Phi) is 5.01. The van der Waals surface area contributed by atoms with Gasteiger partial charge in [0, 0.05) is 25.7 Å². The quantitative estimate of drug-likeness (QED) is 0.625. The van der Waals surface area contributed by atoms with Gasteiger partial charge in [0.2, 0.25) is 5.43 Å². The first-order valence-corrected chi connectivity index (χ1v) is 6.54. The molecule has 1 aromatic carbocycles. The van der Waals surface area contributed by atoms with Gasteiger partial charge in [-0.1, -0.05) is 33.0 Å². The van der Waals surface area contributed by atoms with Crippen molar-refractivity contribution in [1.82, 2.24) is 0 Å². The molecular weight excluding hydrogens is 248 g/mol. The zero-order valence-electron chi connectivity index (χ0n) is 11.6. The van der Waals surface area contributed by atoms with Gasteiger partial charge in [-0.3, -0.25) is 4.79 Å². The Labute approximate surface area is 113 Å². The molecule has 0 unspecified atom stereocenters. The van der Waals surface area contributed by atoms with Gasteiger partial charge in [-0.2, -0.15) is 0 Å². The summed E-state index contributed by atoms with van der Waals surface area (Å²) in [5, 5.41) is 0. The Morgan fingerprint density at radius 2 is 1.94 bits per heavy atom. The van der Waals surface area contributed by atoms with Crippen LogP contribution in [0.25, 0.3) is 0 Å². The minimum Gasteiger partial charge on any atom is -0.378 e. The van der Waals surface area contributed by atoms with Crippen molar-refractivity contribution >= 4 is 17.9 Å². The van der Waals surface area contributed by atoms with Crippen molar-refractivity contribution in [1.29, 1.82) is 0 Å². The normalized spacial score (nSPS) is 12.1. The van der Waals surface area contributed by atoms with Crippen LogP contribution < -0.4 is 16.1 Å². The largest absolute Gasteiger partial charge is 0.378 e. The lowest BCUT2D eigenvalue weighted by atomic mass is 9.82. The van der Waals surface area contributed by atoms with Crippen molar-refractivity contribution in [2.75, 3.05) is 38.3 Å². The third-order valence-corrected chi connectivity index (χ3v) is 3.23. The molecule has 0 saturated heterocycles. The Morgan fingerprint density at radius 1 is 1.33 bits per heavy atom. The maximum absolute atomic E-state index is 11.8. The molecule has 4 nitrogen and oxygen atoms in total. The number of likely N-dealkylation sites (N-methyl/N-ethyl adjacent to an activating group) is 1. The first-order valence-electron chi connectivity index (χ1n) is 6.13. The average molecular weight is 270 g/mol. The van der Waals surface area contributed by atoms with E-state index in [0.29, 0.717) is 30.8 Å². The second-order valence-electron chi connectivity index (χ2n) is 5.45. The molecule has 0 aliphatic rings. The van der Waals surface area contributed by atoms with Crippen LogP contribution >= 0.6 is 12.2 Å². The fourth-order valence-corrected chi connectivity index (χ4v) is 2.30. The van der Waals surface area contributed by atoms with Gasteiger partial charge < -0.3 is 15.4 Å². The van der Waals surface area contributed by atoms with E-state index >= 15 is 0 Å². The Balaban J connectivity index is 2.75. The maximum Gasteiger partial charge on any atom is 0.204 e. The molecule has 0 saturated carbocycles. The average Bonchev–Trinajstić information content (AvgIpc) is 2.28. The fraction of sp³-hybridized carbons (Fsp3) is 0.692. The van der Waals surface area contributed by atoms with E-state index in [-0.39, 0.29) is 10.8 Å². The van der Waals surface area contributed by atoms with Gasteiger partial charge in [0.15, 0.2) is 0 Å². The van der Waals surface area contributed by atoms with Crippen molar-refractivity contribution in [3.05, 3.63) is 20.3 Å². The Hall–Kier alpha value is -0.780. The van der Waals surface area contributed by atoms with Gasteiger partial charge in [0.05, 0.1) is 18.9 Å². The number of nitrogens with zero attached hydrogens (tertiary/aromatic N) is 1. The van der Waals surface area contributed by atoms with E-state index < -0.39 is 0 Å².